The highest BCUT2D eigenvalue weighted by molar-refractivity contribution is 5.90. The first-order valence-electron chi connectivity index (χ1n) is 6.55. The van der Waals surface area contributed by atoms with Gasteiger partial charge in [-0.1, -0.05) is 6.07 Å². The molecule has 23 heavy (non-hydrogen) atoms. The Balaban J connectivity index is 2.02. The number of nitrogens with one attached hydrogen (secondary N) is 3. The van der Waals surface area contributed by atoms with E-state index in [1.807, 2.05) is 0 Å². The van der Waals surface area contributed by atoms with Gasteiger partial charge < -0.3 is 5.32 Å². The summed E-state index contributed by atoms with van der Waals surface area (Å²) in [4.78, 5) is 22.8. The summed E-state index contributed by atoms with van der Waals surface area (Å²) in [5, 5.41) is 7.42. The second kappa shape index (κ2) is 6.65. The molecule has 1 unspecified atom stereocenters. The highest BCUT2D eigenvalue weighted by Gasteiger charge is 2.30. The molecular formula is C13H14F3N5O2. The largest absolute Gasteiger partial charge is 0.416 e. The number of amides is 2. The summed E-state index contributed by atoms with van der Waals surface area (Å²) in [6, 6.07) is 3.46. The van der Waals surface area contributed by atoms with E-state index in [2.05, 4.69) is 21.3 Å². The average Bonchev–Trinajstić information content (AvgIpc) is 2.46. The molecule has 1 aromatic rings. The van der Waals surface area contributed by atoms with E-state index in [1.165, 1.54) is 17.1 Å². The van der Waals surface area contributed by atoms with E-state index in [4.69, 9.17) is 0 Å². The number of anilines is 1. The number of hydrogen-bond acceptors (Lipinski definition) is 5. The number of benzene rings is 1. The summed E-state index contributed by atoms with van der Waals surface area (Å²) in [5.74, 6) is 0. The van der Waals surface area contributed by atoms with Crippen LogP contribution < -0.4 is 16.2 Å². The van der Waals surface area contributed by atoms with Gasteiger partial charge in [-0.2, -0.15) is 23.3 Å². The molecule has 124 valence electrons. The zero-order valence-corrected chi connectivity index (χ0v) is 12.0. The van der Waals surface area contributed by atoms with Crippen LogP contribution in [0.1, 0.15) is 12.5 Å². The van der Waals surface area contributed by atoms with E-state index >= 15 is 0 Å². The average molecular weight is 329 g/mol. The van der Waals surface area contributed by atoms with Gasteiger partial charge in [-0.3, -0.25) is 15.6 Å². The van der Waals surface area contributed by atoms with Crippen LogP contribution in [-0.4, -0.2) is 35.7 Å². The van der Waals surface area contributed by atoms with Crippen molar-refractivity contribution < 1.29 is 22.8 Å². The third-order valence-corrected chi connectivity index (χ3v) is 2.94. The Bertz CT molecular complexity index is 632. The van der Waals surface area contributed by atoms with Gasteiger partial charge in [-0.05, 0) is 25.1 Å². The van der Waals surface area contributed by atoms with Gasteiger partial charge in [0.15, 0.2) is 12.5 Å². The summed E-state index contributed by atoms with van der Waals surface area (Å²) in [5.41, 5.74) is 4.64. The quantitative estimate of drug-likeness (QED) is 0.735. The Hall–Kier alpha value is -2.62. The first-order chi connectivity index (χ1) is 10.8. The van der Waals surface area contributed by atoms with Crippen molar-refractivity contribution in [2.45, 2.75) is 19.3 Å². The fourth-order valence-electron chi connectivity index (χ4n) is 1.90. The molecular weight excluding hydrogens is 315 g/mol. The molecule has 2 rings (SSSR count). The van der Waals surface area contributed by atoms with E-state index in [-0.39, 0.29) is 12.2 Å². The van der Waals surface area contributed by atoms with E-state index in [0.29, 0.717) is 12.0 Å². The molecule has 0 aromatic heterocycles. The third kappa shape index (κ3) is 4.42. The number of alkyl halides is 3. The number of urea groups is 1. The van der Waals surface area contributed by atoms with Crippen molar-refractivity contribution in [3.05, 3.63) is 29.8 Å². The van der Waals surface area contributed by atoms with Gasteiger partial charge in [0.1, 0.15) is 0 Å². The lowest BCUT2D eigenvalue weighted by molar-refractivity contribution is -0.137. The minimum absolute atomic E-state index is 0.0182. The minimum Gasteiger partial charge on any atom is -0.307 e. The third-order valence-electron chi connectivity index (χ3n) is 2.94. The zero-order valence-electron chi connectivity index (χ0n) is 12.0. The SMILES string of the molecule is CC1=NNC(C=O)N(NC(=O)Nc2cccc(C(F)(F)F)c2)C1. The van der Waals surface area contributed by atoms with Crippen molar-refractivity contribution >= 4 is 23.7 Å². The van der Waals surface area contributed by atoms with Crippen LogP contribution in [0.2, 0.25) is 0 Å². The molecule has 1 atom stereocenters. The van der Waals surface area contributed by atoms with Gasteiger partial charge >= 0.3 is 12.2 Å². The Morgan fingerprint density at radius 2 is 2.22 bits per heavy atom. The molecule has 1 heterocycles. The van der Waals surface area contributed by atoms with Gasteiger partial charge in [0.2, 0.25) is 0 Å². The number of aldehydes is 1. The first kappa shape index (κ1) is 16.7. The molecule has 10 heteroatoms. The highest BCUT2D eigenvalue weighted by atomic mass is 19.4. The predicted octanol–water partition coefficient (Wildman–Crippen LogP) is 1.55. The van der Waals surface area contributed by atoms with Gasteiger partial charge in [-0.15, -0.1) is 0 Å². The van der Waals surface area contributed by atoms with Crippen LogP contribution >= 0.6 is 0 Å². The number of nitrogens with zero attached hydrogens (tertiary/aromatic N) is 2. The van der Waals surface area contributed by atoms with Crippen LogP contribution in [0.3, 0.4) is 0 Å². The number of hydrazine groups is 1. The topological polar surface area (TPSA) is 85.8 Å². The monoisotopic (exact) mass is 329 g/mol. The number of carbonyl (C=O) groups excluding carboxylic acids is 2. The summed E-state index contributed by atoms with van der Waals surface area (Å²) >= 11 is 0. The zero-order chi connectivity index (χ0) is 17.0. The second-order valence-electron chi connectivity index (χ2n) is 4.83. The number of hydrogen-bond donors (Lipinski definition) is 3. The molecule has 2 amide bonds. The maximum atomic E-state index is 12.6. The maximum Gasteiger partial charge on any atom is 0.416 e. The molecule has 1 aliphatic rings. The molecule has 1 aliphatic heterocycles. The van der Waals surface area contributed by atoms with Crippen molar-refractivity contribution in [3.63, 3.8) is 0 Å². The van der Waals surface area contributed by atoms with E-state index in [9.17, 15) is 22.8 Å². The van der Waals surface area contributed by atoms with Crippen molar-refractivity contribution in [1.82, 2.24) is 15.9 Å². The molecule has 0 spiro atoms. The van der Waals surface area contributed by atoms with Gasteiger partial charge in [0.05, 0.1) is 17.8 Å². The van der Waals surface area contributed by atoms with Crippen molar-refractivity contribution in [1.29, 1.82) is 0 Å². The van der Waals surface area contributed by atoms with Crippen molar-refractivity contribution in [2.75, 3.05) is 11.9 Å². The van der Waals surface area contributed by atoms with E-state index in [0.717, 1.165) is 12.1 Å². The predicted molar refractivity (Wildman–Crippen MR) is 76.4 cm³/mol. The van der Waals surface area contributed by atoms with Crippen molar-refractivity contribution in [3.8, 4) is 0 Å². The number of carbonyl (C=O) groups is 2. The highest BCUT2D eigenvalue weighted by Crippen LogP contribution is 2.30. The molecule has 0 saturated heterocycles. The second-order valence-corrected chi connectivity index (χ2v) is 4.83. The number of hydrazone groups is 1. The molecule has 0 radical (unpaired) electrons. The lowest BCUT2D eigenvalue weighted by Gasteiger charge is -2.31. The van der Waals surface area contributed by atoms with Crippen LogP contribution in [0.5, 0.6) is 0 Å². The number of halogens is 3. The Morgan fingerprint density at radius 3 is 2.87 bits per heavy atom. The molecule has 7 nitrogen and oxygen atoms in total. The lowest BCUT2D eigenvalue weighted by Crippen LogP contribution is -2.59. The Labute approximate surface area is 129 Å². The van der Waals surface area contributed by atoms with E-state index in [1.54, 1.807) is 6.92 Å². The summed E-state index contributed by atoms with van der Waals surface area (Å²) in [6.07, 6.45) is -4.81. The van der Waals surface area contributed by atoms with Gasteiger partial charge in [0, 0.05) is 5.69 Å². The fraction of sp³-hybridized carbons (Fsp3) is 0.308. The molecule has 3 N–H and O–H groups in total. The van der Waals surface area contributed by atoms with Crippen LogP contribution in [0.25, 0.3) is 0 Å². The van der Waals surface area contributed by atoms with Crippen LogP contribution in [0, 0.1) is 0 Å². The van der Waals surface area contributed by atoms with Crippen LogP contribution in [-0.2, 0) is 11.0 Å². The van der Waals surface area contributed by atoms with Crippen LogP contribution in [0.15, 0.2) is 29.4 Å². The lowest BCUT2D eigenvalue weighted by atomic mass is 10.2. The maximum absolute atomic E-state index is 12.6. The Kier molecular flexibility index (Phi) is 4.84. The summed E-state index contributed by atoms with van der Waals surface area (Å²) < 4.78 is 37.9. The van der Waals surface area contributed by atoms with Gasteiger partial charge in [-0.25, -0.2) is 4.79 Å². The Morgan fingerprint density at radius 1 is 1.48 bits per heavy atom. The fourth-order valence-corrected chi connectivity index (χ4v) is 1.90. The molecule has 0 saturated carbocycles. The van der Waals surface area contributed by atoms with E-state index < -0.39 is 23.9 Å². The number of rotatable bonds is 3. The first-order valence-corrected chi connectivity index (χ1v) is 6.55. The summed E-state index contributed by atoms with van der Waals surface area (Å²) in [7, 11) is 0. The molecule has 0 aliphatic carbocycles. The van der Waals surface area contributed by atoms with Crippen LogP contribution in [0.4, 0.5) is 23.7 Å². The standard InChI is InChI=1S/C13H14F3N5O2/c1-8-6-21(11(7-22)19-18-8)20-12(23)17-10-4-2-3-9(5-10)13(14,15)16/h2-5,7,11,19H,6H2,1H3,(H2,17,20,23). The normalized spacial score (nSPS) is 18.6. The minimum atomic E-state index is -4.50. The molecule has 0 bridgehead atoms. The van der Waals surface area contributed by atoms with Gasteiger partial charge in [0.25, 0.3) is 0 Å². The van der Waals surface area contributed by atoms with Crippen molar-refractivity contribution in [2.24, 2.45) is 5.10 Å². The smallest absolute Gasteiger partial charge is 0.307 e. The molecule has 0 fully saturated rings. The summed E-state index contributed by atoms with van der Waals surface area (Å²) in [6.45, 7) is 1.89. The molecule has 1 aromatic carbocycles.